The van der Waals surface area contributed by atoms with Crippen LogP contribution in [0.2, 0.25) is 0 Å². The molecule has 0 saturated carbocycles. The molecule has 0 spiro atoms. The SMILES string of the molecule is Cc1cc2cnc3c(cnn3C)n2n1. The summed E-state index contributed by atoms with van der Waals surface area (Å²) in [5, 5.41) is 8.53. The van der Waals surface area contributed by atoms with Crippen molar-refractivity contribution >= 4 is 16.7 Å². The summed E-state index contributed by atoms with van der Waals surface area (Å²) in [6, 6.07) is 2.00. The van der Waals surface area contributed by atoms with Crippen molar-refractivity contribution in [2.75, 3.05) is 0 Å². The van der Waals surface area contributed by atoms with E-state index in [1.165, 1.54) is 0 Å². The number of aryl methyl sites for hydroxylation is 2. The Hall–Kier alpha value is -1.91. The lowest BCUT2D eigenvalue weighted by Gasteiger charge is -1.95. The number of rotatable bonds is 0. The molecule has 3 aromatic rings. The smallest absolute Gasteiger partial charge is 0.176 e. The quantitative estimate of drug-likeness (QED) is 0.526. The normalized spacial score (nSPS) is 11.6. The molecule has 14 heavy (non-hydrogen) atoms. The molecule has 0 bridgehead atoms. The standard InChI is InChI=1S/C9H9N5/c1-6-3-7-4-10-9-8(14(7)12-6)5-11-13(9)2/h3-5H,1-2H3. The van der Waals surface area contributed by atoms with Crippen molar-refractivity contribution in [3.8, 4) is 0 Å². The molecule has 70 valence electrons. The fraction of sp³-hybridized carbons (Fsp3) is 0.222. The Morgan fingerprint density at radius 2 is 2.14 bits per heavy atom. The maximum atomic E-state index is 4.38. The highest BCUT2D eigenvalue weighted by Gasteiger charge is 2.06. The fourth-order valence-electron chi connectivity index (χ4n) is 1.65. The molecule has 3 heterocycles. The Balaban J connectivity index is 2.60. The predicted molar refractivity (Wildman–Crippen MR) is 52.0 cm³/mol. The molecule has 0 aliphatic heterocycles. The van der Waals surface area contributed by atoms with Gasteiger partial charge in [0.2, 0.25) is 0 Å². The van der Waals surface area contributed by atoms with Crippen LogP contribution in [-0.2, 0) is 7.05 Å². The molecule has 0 N–H and O–H groups in total. The third kappa shape index (κ3) is 0.810. The van der Waals surface area contributed by atoms with E-state index in [2.05, 4.69) is 15.2 Å². The van der Waals surface area contributed by atoms with Crippen LogP contribution in [0.5, 0.6) is 0 Å². The van der Waals surface area contributed by atoms with Crippen LogP contribution in [0.15, 0.2) is 18.5 Å². The number of fused-ring (bicyclic) bond motifs is 3. The number of hydrogen-bond donors (Lipinski definition) is 0. The van der Waals surface area contributed by atoms with Gasteiger partial charge in [-0.25, -0.2) is 14.2 Å². The minimum Gasteiger partial charge on any atom is -0.249 e. The summed E-state index contributed by atoms with van der Waals surface area (Å²) in [6.07, 6.45) is 3.59. The fourth-order valence-corrected chi connectivity index (χ4v) is 1.65. The zero-order valence-electron chi connectivity index (χ0n) is 7.97. The molecule has 0 fully saturated rings. The Morgan fingerprint density at radius 3 is 3.00 bits per heavy atom. The van der Waals surface area contributed by atoms with Gasteiger partial charge in [-0.3, -0.25) is 0 Å². The van der Waals surface area contributed by atoms with Crippen molar-refractivity contribution < 1.29 is 0 Å². The van der Waals surface area contributed by atoms with E-state index in [0.717, 1.165) is 22.4 Å². The first-order chi connectivity index (χ1) is 6.75. The molecule has 0 amide bonds. The topological polar surface area (TPSA) is 48.0 Å². The third-order valence-corrected chi connectivity index (χ3v) is 2.30. The summed E-state index contributed by atoms with van der Waals surface area (Å²) in [5.41, 5.74) is 3.78. The second-order valence-electron chi connectivity index (χ2n) is 3.36. The highest BCUT2D eigenvalue weighted by molar-refractivity contribution is 5.73. The Kier molecular flexibility index (Phi) is 1.24. The minimum atomic E-state index is 0.848. The van der Waals surface area contributed by atoms with Gasteiger partial charge in [-0.15, -0.1) is 0 Å². The van der Waals surface area contributed by atoms with Crippen LogP contribution in [0.3, 0.4) is 0 Å². The van der Waals surface area contributed by atoms with Crippen LogP contribution >= 0.6 is 0 Å². The van der Waals surface area contributed by atoms with Gasteiger partial charge in [0.15, 0.2) is 5.65 Å². The molecule has 5 nitrogen and oxygen atoms in total. The Morgan fingerprint density at radius 1 is 1.29 bits per heavy atom. The average Bonchev–Trinajstić information content (AvgIpc) is 2.68. The first-order valence-corrected chi connectivity index (χ1v) is 4.39. The van der Waals surface area contributed by atoms with E-state index in [1.54, 1.807) is 10.9 Å². The molecule has 0 aliphatic rings. The van der Waals surface area contributed by atoms with Gasteiger partial charge in [0, 0.05) is 7.05 Å². The van der Waals surface area contributed by atoms with Gasteiger partial charge in [0.05, 0.1) is 23.6 Å². The van der Waals surface area contributed by atoms with Crippen molar-refractivity contribution in [1.29, 1.82) is 0 Å². The molecular formula is C9H9N5. The lowest BCUT2D eigenvalue weighted by atomic mass is 10.4. The molecule has 5 heteroatoms. The Bertz CT molecular complexity index is 618. The maximum Gasteiger partial charge on any atom is 0.176 e. The summed E-state index contributed by atoms with van der Waals surface area (Å²) in [4.78, 5) is 4.32. The summed E-state index contributed by atoms with van der Waals surface area (Å²) in [6.45, 7) is 1.97. The molecule has 0 unspecified atom stereocenters. The van der Waals surface area contributed by atoms with Crippen molar-refractivity contribution in [1.82, 2.24) is 24.4 Å². The van der Waals surface area contributed by atoms with Gasteiger partial charge in [0.25, 0.3) is 0 Å². The van der Waals surface area contributed by atoms with Gasteiger partial charge >= 0.3 is 0 Å². The van der Waals surface area contributed by atoms with Gasteiger partial charge in [-0.2, -0.15) is 10.2 Å². The predicted octanol–water partition coefficient (Wildman–Crippen LogP) is 0.924. The van der Waals surface area contributed by atoms with Crippen molar-refractivity contribution in [3.63, 3.8) is 0 Å². The molecule has 3 aromatic heterocycles. The van der Waals surface area contributed by atoms with E-state index in [4.69, 9.17) is 0 Å². The van der Waals surface area contributed by atoms with Crippen LogP contribution in [-0.4, -0.2) is 24.4 Å². The monoisotopic (exact) mass is 187 g/mol. The van der Waals surface area contributed by atoms with E-state index >= 15 is 0 Å². The maximum absolute atomic E-state index is 4.38. The second kappa shape index (κ2) is 2.31. The van der Waals surface area contributed by atoms with Crippen LogP contribution in [0.4, 0.5) is 0 Å². The van der Waals surface area contributed by atoms with Crippen molar-refractivity contribution in [3.05, 3.63) is 24.2 Å². The van der Waals surface area contributed by atoms with Crippen LogP contribution in [0, 0.1) is 6.92 Å². The number of aromatic nitrogens is 5. The molecular weight excluding hydrogens is 178 g/mol. The second-order valence-corrected chi connectivity index (χ2v) is 3.36. The summed E-state index contributed by atoms with van der Waals surface area (Å²) in [5.74, 6) is 0. The van der Waals surface area contributed by atoms with E-state index in [0.29, 0.717) is 0 Å². The van der Waals surface area contributed by atoms with E-state index < -0.39 is 0 Å². The summed E-state index contributed by atoms with van der Waals surface area (Å²) in [7, 11) is 1.87. The molecule has 3 rings (SSSR count). The van der Waals surface area contributed by atoms with E-state index in [9.17, 15) is 0 Å². The van der Waals surface area contributed by atoms with Crippen molar-refractivity contribution in [2.24, 2.45) is 7.05 Å². The van der Waals surface area contributed by atoms with Crippen LogP contribution in [0.25, 0.3) is 16.7 Å². The molecule has 0 aliphatic carbocycles. The molecule has 0 saturated heterocycles. The van der Waals surface area contributed by atoms with Gasteiger partial charge in [0.1, 0.15) is 5.52 Å². The van der Waals surface area contributed by atoms with Crippen LogP contribution < -0.4 is 0 Å². The lowest BCUT2D eigenvalue weighted by Crippen LogP contribution is -1.94. The van der Waals surface area contributed by atoms with E-state index in [-0.39, 0.29) is 0 Å². The summed E-state index contributed by atoms with van der Waals surface area (Å²) >= 11 is 0. The first-order valence-electron chi connectivity index (χ1n) is 4.39. The first kappa shape index (κ1) is 7.49. The highest BCUT2D eigenvalue weighted by Crippen LogP contribution is 2.13. The zero-order valence-corrected chi connectivity index (χ0v) is 7.97. The molecule has 0 aromatic carbocycles. The highest BCUT2D eigenvalue weighted by atomic mass is 15.3. The minimum absolute atomic E-state index is 0.848. The summed E-state index contributed by atoms with van der Waals surface area (Å²) < 4.78 is 3.61. The molecule has 0 radical (unpaired) electrons. The lowest BCUT2D eigenvalue weighted by molar-refractivity contribution is 0.786. The largest absolute Gasteiger partial charge is 0.249 e. The van der Waals surface area contributed by atoms with Crippen molar-refractivity contribution in [2.45, 2.75) is 6.92 Å². The van der Waals surface area contributed by atoms with Crippen LogP contribution in [0.1, 0.15) is 5.69 Å². The Labute approximate surface area is 80.0 Å². The zero-order chi connectivity index (χ0) is 9.71. The number of hydrogen-bond acceptors (Lipinski definition) is 3. The average molecular weight is 187 g/mol. The van der Waals surface area contributed by atoms with Gasteiger partial charge in [-0.05, 0) is 13.0 Å². The third-order valence-electron chi connectivity index (χ3n) is 2.30. The van der Waals surface area contributed by atoms with Gasteiger partial charge in [-0.1, -0.05) is 0 Å². The van der Waals surface area contributed by atoms with E-state index in [1.807, 2.05) is 30.8 Å². The molecule has 0 atom stereocenters. The number of nitrogens with zero attached hydrogens (tertiary/aromatic N) is 5. The van der Waals surface area contributed by atoms with Gasteiger partial charge < -0.3 is 0 Å².